The Hall–Kier alpha value is -0.570. The topological polar surface area (TPSA) is 84.2 Å². The van der Waals surface area contributed by atoms with Gasteiger partial charge in [-0.15, -0.1) is 0 Å². The number of nitrogens with zero attached hydrogens (tertiary/aromatic N) is 2. The van der Waals surface area contributed by atoms with Crippen molar-refractivity contribution in [3.8, 4) is 0 Å². The lowest BCUT2D eigenvalue weighted by atomic mass is 10.4. The van der Waals surface area contributed by atoms with Crippen LogP contribution in [0, 0.1) is 13.8 Å². The Morgan fingerprint density at radius 3 is 2.60 bits per heavy atom. The van der Waals surface area contributed by atoms with E-state index in [0.717, 1.165) is 12.8 Å². The predicted molar refractivity (Wildman–Crippen MR) is 79.5 cm³/mol. The highest BCUT2D eigenvalue weighted by atomic mass is 32.2. The number of nitrogens with one attached hydrogen (secondary N) is 1. The molecule has 6 nitrogen and oxygen atoms in total. The number of sulfonamides is 1. The van der Waals surface area contributed by atoms with Crippen LogP contribution in [0.15, 0.2) is 4.90 Å². The summed E-state index contributed by atoms with van der Waals surface area (Å²) in [5, 5.41) is 13.1. The molecular formula is C12H21N3O3S2. The Balaban J connectivity index is 2.21. The van der Waals surface area contributed by atoms with Crippen LogP contribution in [0.1, 0.15) is 24.2 Å². The molecule has 0 radical (unpaired) electrons. The molecule has 1 saturated carbocycles. The molecule has 20 heavy (non-hydrogen) atoms. The zero-order valence-corrected chi connectivity index (χ0v) is 13.6. The van der Waals surface area contributed by atoms with Gasteiger partial charge in [0.15, 0.2) is 0 Å². The quantitative estimate of drug-likeness (QED) is 0.771. The van der Waals surface area contributed by atoms with Crippen LogP contribution in [0.2, 0.25) is 0 Å². The van der Waals surface area contributed by atoms with E-state index in [9.17, 15) is 8.42 Å². The van der Waals surface area contributed by atoms with E-state index in [1.807, 2.05) is 6.26 Å². The van der Waals surface area contributed by atoms with Gasteiger partial charge in [0.05, 0.1) is 24.5 Å². The van der Waals surface area contributed by atoms with E-state index in [-0.39, 0.29) is 16.2 Å². The van der Waals surface area contributed by atoms with Gasteiger partial charge >= 0.3 is 0 Å². The molecule has 1 aromatic heterocycles. The predicted octanol–water partition coefficient (Wildman–Crippen LogP) is 0.666. The Bertz CT molecular complexity index is 591. The minimum atomic E-state index is -3.55. The minimum Gasteiger partial charge on any atom is -0.394 e. The third kappa shape index (κ3) is 3.03. The number of hydrogen-bond acceptors (Lipinski definition) is 5. The van der Waals surface area contributed by atoms with Crippen molar-refractivity contribution in [2.24, 2.45) is 0 Å². The summed E-state index contributed by atoms with van der Waals surface area (Å²) in [6.07, 6.45) is 4.12. The van der Waals surface area contributed by atoms with Gasteiger partial charge < -0.3 is 5.11 Å². The van der Waals surface area contributed by atoms with Crippen molar-refractivity contribution in [2.75, 3.05) is 19.4 Å². The first-order chi connectivity index (χ1) is 9.35. The van der Waals surface area contributed by atoms with Gasteiger partial charge in [0.25, 0.3) is 0 Å². The van der Waals surface area contributed by atoms with Crippen molar-refractivity contribution < 1.29 is 13.5 Å². The average molecular weight is 319 g/mol. The van der Waals surface area contributed by atoms with Crippen LogP contribution in [0.3, 0.4) is 0 Å². The fourth-order valence-electron chi connectivity index (χ4n) is 2.27. The van der Waals surface area contributed by atoms with E-state index in [2.05, 4.69) is 9.82 Å². The monoisotopic (exact) mass is 319 g/mol. The number of aliphatic hydroxyl groups excluding tert-OH is 1. The first-order valence-corrected chi connectivity index (χ1v) is 9.26. The van der Waals surface area contributed by atoms with E-state index in [1.54, 1.807) is 25.6 Å². The van der Waals surface area contributed by atoms with Gasteiger partial charge in [0.2, 0.25) is 10.0 Å². The van der Waals surface area contributed by atoms with Gasteiger partial charge in [-0.1, -0.05) is 0 Å². The molecule has 0 aromatic carbocycles. The molecule has 1 aliphatic rings. The summed E-state index contributed by atoms with van der Waals surface area (Å²) >= 11 is 1.71. The van der Waals surface area contributed by atoms with Crippen LogP contribution >= 0.6 is 11.8 Å². The van der Waals surface area contributed by atoms with Crippen LogP contribution in [-0.4, -0.2) is 47.5 Å². The maximum absolute atomic E-state index is 12.4. The molecule has 2 rings (SSSR count). The highest BCUT2D eigenvalue weighted by molar-refractivity contribution is 8.00. The lowest BCUT2D eigenvalue weighted by Crippen LogP contribution is -2.32. The summed E-state index contributed by atoms with van der Waals surface area (Å²) in [6, 6.07) is 0. The van der Waals surface area contributed by atoms with E-state index in [1.165, 1.54) is 4.68 Å². The van der Waals surface area contributed by atoms with E-state index >= 15 is 0 Å². The molecule has 1 aliphatic carbocycles. The first kappa shape index (κ1) is 15.8. The maximum atomic E-state index is 12.4. The lowest BCUT2D eigenvalue weighted by molar-refractivity contribution is 0.267. The average Bonchev–Trinajstić information content (AvgIpc) is 3.11. The van der Waals surface area contributed by atoms with Gasteiger partial charge in [-0.3, -0.25) is 4.68 Å². The van der Waals surface area contributed by atoms with Crippen LogP contribution in [0.25, 0.3) is 0 Å². The van der Waals surface area contributed by atoms with E-state index in [0.29, 0.717) is 24.5 Å². The SMILES string of the molecule is CSC1(CNS(=O)(=O)c2c(C)nn(CCO)c2C)CC1. The molecule has 0 saturated heterocycles. The van der Waals surface area contributed by atoms with Gasteiger partial charge in [-0.2, -0.15) is 16.9 Å². The number of thioether (sulfide) groups is 1. The fraction of sp³-hybridized carbons (Fsp3) is 0.750. The molecule has 0 atom stereocenters. The molecule has 8 heteroatoms. The molecule has 1 aromatic rings. The second kappa shape index (κ2) is 5.67. The van der Waals surface area contributed by atoms with Crippen molar-refractivity contribution in [1.82, 2.24) is 14.5 Å². The zero-order chi connectivity index (χ0) is 15.0. The third-order valence-corrected chi connectivity index (χ3v) is 6.79. The number of aryl methyl sites for hydroxylation is 1. The van der Waals surface area contributed by atoms with Crippen LogP contribution in [0.5, 0.6) is 0 Å². The smallest absolute Gasteiger partial charge is 0.244 e. The van der Waals surface area contributed by atoms with Gasteiger partial charge in [0, 0.05) is 11.3 Å². The molecule has 1 heterocycles. The highest BCUT2D eigenvalue weighted by Crippen LogP contribution is 2.46. The summed E-state index contributed by atoms with van der Waals surface area (Å²) in [6.45, 7) is 4.09. The molecule has 0 aliphatic heterocycles. The minimum absolute atomic E-state index is 0.0650. The van der Waals surface area contributed by atoms with Crippen molar-refractivity contribution in [1.29, 1.82) is 0 Å². The summed E-state index contributed by atoms with van der Waals surface area (Å²) in [7, 11) is -3.55. The highest BCUT2D eigenvalue weighted by Gasteiger charge is 2.43. The number of hydrogen-bond donors (Lipinski definition) is 2. The van der Waals surface area contributed by atoms with Crippen molar-refractivity contribution in [3.63, 3.8) is 0 Å². The summed E-state index contributed by atoms with van der Waals surface area (Å²) in [5.74, 6) is 0. The molecule has 0 amide bonds. The number of aliphatic hydroxyl groups is 1. The Morgan fingerprint density at radius 2 is 2.10 bits per heavy atom. The summed E-state index contributed by atoms with van der Waals surface area (Å²) in [5.41, 5.74) is 1.04. The summed E-state index contributed by atoms with van der Waals surface area (Å²) in [4.78, 5) is 0.239. The second-order valence-electron chi connectivity index (χ2n) is 5.16. The largest absolute Gasteiger partial charge is 0.394 e. The zero-order valence-electron chi connectivity index (χ0n) is 12.0. The molecule has 2 N–H and O–H groups in total. The summed E-state index contributed by atoms with van der Waals surface area (Å²) < 4.78 is 29.2. The van der Waals surface area contributed by atoms with Crippen molar-refractivity contribution >= 4 is 21.8 Å². The standard InChI is InChI=1S/C12H21N3O3S2/c1-9-11(10(2)15(14-9)6-7-16)20(17,18)13-8-12(19-3)4-5-12/h13,16H,4-8H2,1-3H3. The van der Waals surface area contributed by atoms with Gasteiger partial charge in [0.1, 0.15) is 4.90 Å². The number of rotatable bonds is 7. The Labute approximate surface area is 124 Å². The Kier molecular flexibility index (Phi) is 4.48. The van der Waals surface area contributed by atoms with Gasteiger partial charge in [-0.05, 0) is 32.9 Å². The third-order valence-electron chi connectivity index (χ3n) is 3.72. The van der Waals surface area contributed by atoms with Crippen LogP contribution in [0.4, 0.5) is 0 Å². The van der Waals surface area contributed by atoms with Crippen LogP contribution < -0.4 is 4.72 Å². The molecular weight excluding hydrogens is 298 g/mol. The van der Waals surface area contributed by atoms with Crippen molar-refractivity contribution in [2.45, 2.75) is 42.9 Å². The molecule has 1 fully saturated rings. The molecule has 0 bridgehead atoms. The van der Waals surface area contributed by atoms with E-state index in [4.69, 9.17) is 5.11 Å². The molecule has 0 spiro atoms. The van der Waals surface area contributed by atoms with Crippen molar-refractivity contribution in [3.05, 3.63) is 11.4 Å². The fourth-order valence-corrected chi connectivity index (χ4v) is 4.63. The van der Waals surface area contributed by atoms with E-state index < -0.39 is 10.0 Å². The number of aromatic nitrogens is 2. The normalized spacial score (nSPS) is 17.4. The Morgan fingerprint density at radius 1 is 1.45 bits per heavy atom. The lowest BCUT2D eigenvalue weighted by Gasteiger charge is -2.13. The second-order valence-corrected chi connectivity index (χ2v) is 8.14. The maximum Gasteiger partial charge on any atom is 0.244 e. The molecule has 0 unspecified atom stereocenters. The molecule has 114 valence electrons. The van der Waals surface area contributed by atoms with Gasteiger partial charge in [-0.25, -0.2) is 13.1 Å². The van der Waals surface area contributed by atoms with Crippen LogP contribution in [-0.2, 0) is 16.6 Å². The first-order valence-electron chi connectivity index (χ1n) is 6.55.